The van der Waals surface area contributed by atoms with Gasteiger partial charge in [-0.05, 0) is 54.9 Å². The summed E-state index contributed by atoms with van der Waals surface area (Å²) in [5, 5.41) is 0. The Kier molecular flexibility index (Phi) is 3.83. The fourth-order valence-corrected chi connectivity index (χ4v) is 3.07. The quantitative estimate of drug-likeness (QED) is 0.780. The van der Waals surface area contributed by atoms with Crippen molar-refractivity contribution in [3.8, 4) is 5.75 Å². The number of carbonyl (C=O) groups excluding carboxylic acids is 1. The Balaban J connectivity index is 1.69. The molecule has 3 rings (SSSR count). The van der Waals surface area contributed by atoms with Crippen LogP contribution in [0.5, 0.6) is 5.75 Å². The van der Waals surface area contributed by atoms with Gasteiger partial charge in [-0.15, -0.1) is 0 Å². The molecular weight excluding hydrogens is 240 g/mol. The van der Waals surface area contributed by atoms with Crippen molar-refractivity contribution in [3.63, 3.8) is 0 Å². The molecule has 1 heterocycles. The molecule has 2 atom stereocenters. The molecule has 0 bridgehead atoms. The number of hydrogen-bond donors (Lipinski definition) is 0. The number of carbonyl (C=O) groups is 1. The Bertz CT molecular complexity index is 449. The molecule has 3 nitrogen and oxygen atoms in total. The number of hydrogen-bond acceptors (Lipinski definition) is 3. The standard InChI is InChI=1S/C16H20O3/c17-9-8-12-4-5-13-11-14(6-7-15(12)13)19-16-3-1-2-10-18-16/h6-7,9,11-12,16H,1-5,8,10H2. The van der Waals surface area contributed by atoms with Crippen LogP contribution in [0.25, 0.3) is 0 Å². The maximum atomic E-state index is 10.7. The van der Waals surface area contributed by atoms with Crippen LogP contribution in [0.2, 0.25) is 0 Å². The summed E-state index contributed by atoms with van der Waals surface area (Å²) in [4.78, 5) is 10.7. The molecule has 102 valence electrons. The average molecular weight is 260 g/mol. The highest BCUT2D eigenvalue weighted by molar-refractivity contribution is 5.53. The lowest BCUT2D eigenvalue weighted by Crippen LogP contribution is -2.25. The number of rotatable bonds is 4. The lowest BCUT2D eigenvalue weighted by Gasteiger charge is -2.23. The average Bonchev–Trinajstić information content (AvgIpc) is 2.83. The summed E-state index contributed by atoms with van der Waals surface area (Å²) in [6.07, 6.45) is 7.01. The molecule has 1 saturated heterocycles. The second-order valence-electron chi connectivity index (χ2n) is 5.41. The normalized spacial score (nSPS) is 25.9. The van der Waals surface area contributed by atoms with E-state index < -0.39 is 0 Å². The summed E-state index contributed by atoms with van der Waals surface area (Å²) in [5.74, 6) is 1.31. The van der Waals surface area contributed by atoms with Crippen molar-refractivity contribution in [2.45, 2.75) is 50.7 Å². The molecule has 1 aromatic carbocycles. The van der Waals surface area contributed by atoms with Crippen molar-refractivity contribution in [3.05, 3.63) is 29.3 Å². The highest BCUT2D eigenvalue weighted by atomic mass is 16.7. The smallest absolute Gasteiger partial charge is 0.199 e. The van der Waals surface area contributed by atoms with Gasteiger partial charge in [-0.3, -0.25) is 0 Å². The maximum absolute atomic E-state index is 10.7. The molecule has 0 radical (unpaired) electrons. The first-order valence-electron chi connectivity index (χ1n) is 7.21. The van der Waals surface area contributed by atoms with Gasteiger partial charge in [0.25, 0.3) is 0 Å². The summed E-state index contributed by atoms with van der Waals surface area (Å²) < 4.78 is 11.5. The number of aldehydes is 1. The third kappa shape index (κ3) is 2.81. The Hall–Kier alpha value is -1.35. The number of fused-ring (bicyclic) bond motifs is 1. The highest BCUT2D eigenvalue weighted by Gasteiger charge is 2.23. The van der Waals surface area contributed by atoms with Crippen molar-refractivity contribution in [1.82, 2.24) is 0 Å². The van der Waals surface area contributed by atoms with E-state index >= 15 is 0 Å². The molecule has 0 spiro atoms. The van der Waals surface area contributed by atoms with Gasteiger partial charge < -0.3 is 14.3 Å². The zero-order chi connectivity index (χ0) is 13.1. The fraction of sp³-hybridized carbons (Fsp3) is 0.562. The van der Waals surface area contributed by atoms with Crippen molar-refractivity contribution in [1.29, 1.82) is 0 Å². The second kappa shape index (κ2) is 5.74. The van der Waals surface area contributed by atoms with Crippen LogP contribution in [-0.4, -0.2) is 19.2 Å². The molecule has 0 saturated carbocycles. The van der Waals surface area contributed by atoms with Crippen LogP contribution in [0.3, 0.4) is 0 Å². The van der Waals surface area contributed by atoms with E-state index in [0.29, 0.717) is 12.3 Å². The van der Waals surface area contributed by atoms with Crippen molar-refractivity contribution in [2.75, 3.05) is 6.61 Å². The summed E-state index contributed by atoms with van der Waals surface area (Å²) >= 11 is 0. The van der Waals surface area contributed by atoms with E-state index in [0.717, 1.165) is 44.3 Å². The molecule has 0 aromatic heterocycles. The highest BCUT2D eigenvalue weighted by Crippen LogP contribution is 2.37. The largest absolute Gasteiger partial charge is 0.465 e. The minimum Gasteiger partial charge on any atom is -0.465 e. The van der Waals surface area contributed by atoms with Crippen LogP contribution in [-0.2, 0) is 16.0 Å². The molecule has 1 aliphatic heterocycles. The van der Waals surface area contributed by atoms with E-state index in [9.17, 15) is 4.79 Å². The van der Waals surface area contributed by atoms with Crippen molar-refractivity contribution in [2.24, 2.45) is 0 Å². The Morgan fingerprint density at radius 2 is 2.26 bits per heavy atom. The number of ether oxygens (including phenoxy) is 2. The van der Waals surface area contributed by atoms with Crippen molar-refractivity contribution >= 4 is 6.29 Å². The Labute approximate surface area is 113 Å². The predicted molar refractivity (Wildman–Crippen MR) is 72.4 cm³/mol. The van der Waals surface area contributed by atoms with Gasteiger partial charge >= 0.3 is 0 Å². The molecule has 0 amide bonds. The van der Waals surface area contributed by atoms with Crippen LogP contribution in [0, 0.1) is 0 Å². The third-order valence-electron chi connectivity index (χ3n) is 4.10. The molecule has 1 fully saturated rings. The van der Waals surface area contributed by atoms with E-state index in [1.165, 1.54) is 17.5 Å². The topological polar surface area (TPSA) is 35.5 Å². The maximum Gasteiger partial charge on any atom is 0.199 e. The van der Waals surface area contributed by atoms with Crippen LogP contribution < -0.4 is 4.74 Å². The zero-order valence-electron chi connectivity index (χ0n) is 11.1. The lowest BCUT2D eigenvalue weighted by atomic mass is 9.98. The van der Waals surface area contributed by atoms with Gasteiger partial charge in [0.2, 0.25) is 0 Å². The molecule has 0 N–H and O–H groups in total. The van der Waals surface area contributed by atoms with Gasteiger partial charge in [0.05, 0.1) is 6.61 Å². The van der Waals surface area contributed by atoms with E-state index in [2.05, 4.69) is 12.1 Å². The first-order chi connectivity index (χ1) is 9.36. The predicted octanol–water partition coefficient (Wildman–Crippen LogP) is 3.21. The van der Waals surface area contributed by atoms with Gasteiger partial charge in [0.15, 0.2) is 6.29 Å². The summed E-state index contributed by atoms with van der Waals surface area (Å²) in [5.41, 5.74) is 2.66. The molecule has 1 aliphatic carbocycles. The lowest BCUT2D eigenvalue weighted by molar-refractivity contribution is -0.108. The molecule has 2 unspecified atom stereocenters. The number of benzene rings is 1. The third-order valence-corrected chi connectivity index (χ3v) is 4.10. The van der Waals surface area contributed by atoms with Gasteiger partial charge in [-0.1, -0.05) is 6.07 Å². The van der Waals surface area contributed by atoms with Crippen molar-refractivity contribution < 1.29 is 14.3 Å². The Morgan fingerprint density at radius 3 is 3.05 bits per heavy atom. The van der Waals surface area contributed by atoms with Crippen LogP contribution in [0.1, 0.15) is 49.1 Å². The number of aryl methyl sites for hydroxylation is 1. The SMILES string of the molecule is O=CCC1CCc2cc(OC3CCCCO3)ccc21. The molecular formula is C16H20O3. The van der Waals surface area contributed by atoms with E-state index in [-0.39, 0.29) is 6.29 Å². The minimum absolute atomic E-state index is 0.0843. The molecule has 2 aliphatic rings. The zero-order valence-corrected chi connectivity index (χ0v) is 11.1. The van der Waals surface area contributed by atoms with Crippen LogP contribution in [0.4, 0.5) is 0 Å². The van der Waals surface area contributed by atoms with Gasteiger partial charge in [0, 0.05) is 12.8 Å². The van der Waals surface area contributed by atoms with E-state index in [4.69, 9.17) is 9.47 Å². The van der Waals surface area contributed by atoms with Crippen LogP contribution >= 0.6 is 0 Å². The fourth-order valence-electron chi connectivity index (χ4n) is 3.07. The second-order valence-corrected chi connectivity index (χ2v) is 5.41. The first kappa shape index (κ1) is 12.7. The molecule has 19 heavy (non-hydrogen) atoms. The summed E-state index contributed by atoms with van der Waals surface area (Å²) in [6.45, 7) is 0.803. The van der Waals surface area contributed by atoms with Gasteiger partial charge in [0.1, 0.15) is 12.0 Å². The van der Waals surface area contributed by atoms with E-state index in [1.54, 1.807) is 0 Å². The summed E-state index contributed by atoms with van der Waals surface area (Å²) in [7, 11) is 0. The Morgan fingerprint density at radius 1 is 1.32 bits per heavy atom. The van der Waals surface area contributed by atoms with Crippen LogP contribution in [0.15, 0.2) is 18.2 Å². The van der Waals surface area contributed by atoms with E-state index in [1.807, 2.05) is 6.07 Å². The first-order valence-corrected chi connectivity index (χ1v) is 7.21. The minimum atomic E-state index is -0.0843. The van der Waals surface area contributed by atoms with Gasteiger partial charge in [-0.2, -0.15) is 0 Å². The van der Waals surface area contributed by atoms with Gasteiger partial charge in [-0.25, -0.2) is 0 Å². The monoisotopic (exact) mass is 260 g/mol. The molecule has 3 heteroatoms. The summed E-state index contributed by atoms with van der Waals surface area (Å²) in [6, 6.07) is 6.26. The molecule has 1 aromatic rings.